The van der Waals surface area contributed by atoms with E-state index in [1.165, 1.54) is 0 Å². The van der Waals surface area contributed by atoms with E-state index < -0.39 is 0 Å². The Balaban J connectivity index is 2.35. The number of aryl methyl sites for hydroxylation is 2. The lowest BCUT2D eigenvalue weighted by Gasteiger charge is -2.01. The Kier molecular flexibility index (Phi) is 3.10. The second-order valence-electron chi connectivity index (χ2n) is 3.72. The largest absolute Gasteiger partial charge is 0.480 e. The molecule has 0 saturated heterocycles. The summed E-state index contributed by atoms with van der Waals surface area (Å²) in [5.41, 5.74) is 2.72. The fourth-order valence-electron chi connectivity index (χ4n) is 1.43. The maximum atomic E-state index is 5.16. The van der Waals surface area contributed by atoms with Gasteiger partial charge < -0.3 is 4.74 Å². The Morgan fingerprint density at radius 2 is 2.12 bits per heavy atom. The average molecular weight is 227 g/mol. The fourth-order valence-corrected chi connectivity index (χ4v) is 1.43. The summed E-state index contributed by atoms with van der Waals surface area (Å²) >= 11 is 0. The number of hydrogen-bond donors (Lipinski definition) is 0. The summed E-state index contributed by atoms with van der Waals surface area (Å²) < 4.78 is 6.88. The van der Waals surface area contributed by atoms with Crippen molar-refractivity contribution in [3.8, 4) is 17.7 Å². The van der Waals surface area contributed by atoms with Crippen molar-refractivity contribution < 1.29 is 4.74 Å². The van der Waals surface area contributed by atoms with Gasteiger partial charge in [0.05, 0.1) is 24.4 Å². The average Bonchev–Trinajstić information content (AvgIpc) is 2.73. The van der Waals surface area contributed by atoms with Gasteiger partial charge in [-0.3, -0.25) is 4.68 Å². The van der Waals surface area contributed by atoms with Crippen LogP contribution in [0.25, 0.3) is 0 Å². The highest BCUT2D eigenvalue weighted by Gasteiger charge is 2.01. The van der Waals surface area contributed by atoms with Crippen molar-refractivity contribution in [3.05, 3.63) is 41.3 Å². The zero-order valence-electron chi connectivity index (χ0n) is 10.1. The molecule has 0 unspecified atom stereocenters. The van der Waals surface area contributed by atoms with Crippen molar-refractivity contribution >= 4 is 0 Å². The molecule has 17 heavy (non-hydrogen) atoms. The van der Waals surface area contributed by atoms with Gasteiger partial charge in [0.2, 0.25) is 5.88 Å². The van der Waals surface area contributed by atoms with Crippen LogP contribution >= 0.6 is 0 Å². The van der Waals surface area contributed by atoms with Crippen LogP contribution in [0, 0.1) is 18.8 Å². The summed E-state index contributed by atoms with van der Waals surface area (Å²) in [5, 5.41) is 4.06. The van der Waals surface area contributed by atoms with Gasteiger partial charge in [-0.05, 0) is 18.6 Å². The van der Waals surface area contributed by atoms with Gasteiger partial charge in [-0.2, -0.15) is 5.10 Å². The highest BCUT2D eigenvalue weighted by molar-refractivity contribution is 5.47. The third-order valence-electron chi connectivity index (χ3n) is 2.23. The molecule has 0 spiro atoms. The number of methoxy groups -OCH3 is 1. The summed E-state index contributed by atoms with van der Waals surface area (Å²) in [6.07, 6.45) is 5.35. The molecule has 4 nitrogen and oxygen atoms in total. The van der Waals surface area contributed by atoms with E-state index in [4.69, 9.17) is 4.74 Å². The molecule has 0 aliphatic rings. The second kappa shape index (κ2) is 4.71. The van der Waals surface area contributed by atoms with Crippen molar-refractivity contribution in [2.75, 3.05) is 7.11 Å². The van der Waals surface area contributed by atoms with Crippen molar-refractivity contribution in [2.24, 2.45) is 7.05 Å². The lowest BCUT2D eigenvalue weighted by Crippen LogP contribution is -1.92. The molecule has 0 amide bonds. The van der Waals surface area contributed by atoms with Gasteiger partial charge in [0.25, 0.3) is 0 Å². The first-order valence-electron chi connectivity index (χ1n) is 5.20. The number of ether oxygens (including phenoxy) is 1. The minimum absolute atomic E-state index is 0.548. The summed E-state index contributed by atoms with van der Waals surface area (Å²) in [5.74, 6) is 6.62. The Morgan fingerprint density at radius 3 is 2.76 bits per heavy atom. The SMILES string of the molecule is COc1ncc(C)cc1C#Cc1cnn(C)c1. The molecule has 0 radical (unpaired) electrons. The predicted octanol–water partition coefficient (Wildman–Crippen LogP) is 1.53. The van der Waals surface area contributed by atoms with E-state index in [0.717, 1.165) is 16.7 Å². The van der Waals surface area contributed by atoms with E-state index in [9.17, 15) is 0 Å². The van der Waals surface area contributed by atoms with Gasteiger partial charge in [-0.25, -0.2) is 4.98 Å². The van der Waals surface area contributed by atoms with Gasteiger partial charge in [0.1, 0.15) is 0 Å². The number of nitrogens with zero attached hydrogens (tertiary/aromatic N) is 3. The molecular weight excluding hydrogens is 214 g/mol. The van der Waals surface area contributed by atoms with Crippen molar-refractivity contribution in [3.63, 3.8) is 0 Å². The van der Waals surface area contributed by atoms with Gasteiger partial charge in [-0.1, -0.05) is 11.8 Å². The Morgan fingerprint density at radius 1 is 1.29 bits per heavy atom. The molecule has 86 valence electrons. The summed E-state index contributed by atoms with van der Waals surface area (Å²) in [6.45, 7) is 1.97. The first-order chi connectivity index (χ1) is 8.19. The van der Waals surface area contributed by atoms with Gasteiger partial charge in [0.15, 0.2) is 0 Å². The van der Waals surface area contributed by atoms with Gasteiger partial charge in [-0.15, -0.1) is 0 Å². The summed E-state index contributed by atoms with van der Waals surface area (Å²) in [4.78, 5) is 4.17. The lowest BCUT2D eigenvalue weighted by molar-refractivity contribution is 0.396. The van der Waals surface area contributed by atoms with Crippen LogP contribution in [0.2, 0.25) is 0 Å². The minimum atomic E-state index is 0.548. The van der Waals surface area contributed by atoms with Crippen LogP contribution < -0.4 is 4.74 Å². The van der Waals surface area contributed by atoms with E-state index in [-0.39, 0.29) is 0 Å². The van der Waals surface area contributed by atoms with Gasteiger partial charge >= 0.3 is 0 Å². The Bertz CT molecular complexity index is 590. The molecule has 0 fully saturated rings. The van der Waals surface area contributed by atoms with Crippen LogP contribution in [0.5, 0.6) is 5.88 Å². The van der Waals surface area contributed by atoms with E-state index in [2.05, 4.69) is 21.9 Å². The third-order valence-corrected chi connectivity index (χ3v) is 2.23. The van der Waals surface area contributed by atoms with Crippen molar-refractivity contribution in [1.82, 2.24) is 14.8 Å². The lowest BCUT2D eigenvalue weighted by atomic mass is 10.2. The molecule has 4 heteroatoms. The summed E-state index contributed by atoms with van der Waals surface area (Å²) in [6, 6.07) is 1.95. The van der Waals surface area contributed by atoms with Crippen LogP contribution in [-0.4, -0.2) is 21.9 Å². The van der Waals surface area contributed by atoms with Gasteiger partial charge in [0, 0.05) is 19.4 Å². The maximum Gasteiger partial charge on any atom is 0.229 e. The Hall–Kier alpha value is -2.28. The quantitative estimate of drug-likeness (QED) is 0.694. The number of aromatic nitrogens is 3. The highest BCUT2D eigenvalue weighted by Crippen LogP contribution is 2.14. The van der Waals surface area contributed by atoms with E-state index in [1.54, 1.807) is 24.2 Å². The molecule has 0 aromatic carbocycles. The molecule has 0 bridgehead atoms. The number of hydrogen-bond acceptors (Lipinski definition) is 3. The zero-order chi connectivity index (χ0) is 12.3. The zero-order valence-corrected chi connectivity index (χ0v) is 10.1. The molecular formula is C13H13N3O. The molecule has 2 aromatic rings. The first-order valence-corrected chi connectivity index (χ1v) is 5.20. The highest BCUT2D eigenvalue weighted by atomic mass is 16.5. The molecule has 2 rings (SSSR count). The third kappa shape index (κ3) is 2.64. The maximum absolute atomic E-state index is 5.16. The monoisotopic (exact) mass is 227 g/mol. The molecule has 2 aromatic heterocycles. The van der Waals surface area contributed by atoms with Crippen LogP contribution in [0.15, 0.2) is 24.7 Å². The van der Waals surface area contributed by atoms with E-state index in [0.29, 0.717) is 5.88 Å². The van der Waals surface area contributed by atoms with Crippen LogP contribution in [-0.2, 0) is 7.05 Å². The topological polar surface area (TPSA) is 39.9 Å². The van der Waals surface area contributed by atoms with Crippen LogP contribution in [0.1, 0.15) is 16.7 Å². The normalized spacial score (nSPS) is 9.59. The molecule has 0 atom stereocenters. The molecule has 0 aliphatic carbocycles. The first kappa shape index (κ1) is 11.2. The standard InChI is InChI=1S/C13H13N3O/c1-10-6-12(13(17-3)14-7-10)5-4-11-8-15-16(2)9-11/h6-9H,1-3H3. The van der Waals surface area contributed by atoms with Crippen molar-refractivity contribution in [2.45, 2.75) is 6.92 Å². The van der Waals surface area contributed by atoms with Crippen LogP contribution in [0.3, 0.4) is 0 Å². The van der Waals surface area contributed by atoms with E-state index in [1.807, 2.05) is 26.2 Å². The molecule has 2 heterocycles. The Labute approximate surface area is 100 Å². The fraction of sp³-hybridized carbons (Fsp3) is 0.231. The number of rotatable bonds is 1. The molecule has 0 N–H and O–H groups in total. The predicted molar refractivity (Wildman–Crippen MR) is 64.7 cm³/mol. The summed E-state index contributed by atoms with van der Waals surface area (Å²) in [7, 11) is 3.45. The van der Waals surface area contributed by atoms with Crippen molar-refractivity contribution in [1.29, 1.82) is 0 Å². The van der Waals surface area contributed by atoms with Crippen LogP contribution in [0.4, 0.5) is 0 Å². The number of pyridine rings is 1. The minimum Gasteiger partial charge on any atom is -0.480 e. The molecule has 0 aliphatic heterocycles. The van der Waals surface area contributed by atoms with E-state index >= 15 is 0 Å². The second-order valence-corrected chi connectivity index (χ2v) is 3.72. The smallest absolute Gasteiger partial charge is 0.229 e. The molecule has 0 saturated carbocycles.